The molecule has 4 aromatic rings. The van der Waals surface area contributed by atoms with Gasteiger partial charge in [-0.05, 0) is 70.0 Å². The van der Waals surface area contributed by atoms with E-state index in [1.165, 1.54) is 37.9 Å². The third-order valence-corrected chi connectivity index (χ3v) is 9.40. The number of carbonyl (C=O) groups excluding carboxylic acids is 2. The zero-order valence-corrected chi connectivity index (χ0v) is 21.3. The monoisotopic (exact) mass is 499 g/mol. The van der Waals surface area contributed by atoms with E-state index in [0.29, 0.717) is 11.7 Å². The number of rotatable bonds is 10. The van der Waals surface area contributed by atoms with Gasteiger partial charge in [-0.1, -0.05) is 61.0 Å². The smallest absolute Gasteiger partial charge is 0.315 e. The Kier molecular flexibility index (Phi) is 6.61. The van der Waals surface area contributed by atoms with Gasteiger partial charge in [0.1, 0.15) is 0 Å². The molecule has 3 atom stereocenters. The van der Waals surface area contributed by atoms with Crippen LogP contribution in [0.3, 0.4) is 0 Å². The highest BCUT2D eigenvalue weighted by atomic mass is 32.2. The molecule has 6 heteroatoms. The third kappa shape index (κ3) is 4.59. The summed E-state index contributed by atoms with van der Waals surface area (Å²) < 4.78 is 0. The molecule has 0 spiro atoms. The lowest BCUT2D eigenvalue weighted by molar-refractivity contribution is -0.121. The van der Waals surface area contributed by atoms with E-state index in [4.69, 9.17) is 0 Å². The number of urea groups is 1. The average molecular weight is 500 g/mol. The fourth-order valence-electron chi connectivity index (χ4n) is 6.04. The SMILES string of the molecule is O=C(CCCCC1SC[C@@H]2NC(=O)NC12)NCCCCc1ccc2ccc3cccc4ccc1c2c34. The van der Waals surface area contributed by atoms with Gasteiger partial charge < -0.3 is 16.0 Å². The molecule has 2 fully saturated rings. The van der Waals surface area contributed by atoms with E-state index in [9.17, 15) is 9.59 Å². The van der Waals surface area contributed by atoms with Crippen molar-refractivity contribution >= 4 is 56.0 Å². The predicted octanol–water partition coefficient (Wildman–Crippen LogP) is 5.75. The van der Waals surface area contributed by atoms with Crippen molar-refractivity contribution in [2.75, 3.05) is 12.3 Å². The number of hydrogen-bond donors (Lipinski definition) is 3. The lowest BCUT2D eigenvalue weighted by Crippen LogP contribution is -2.36. The first-order valence-electron chi connectivity index (χ1n) is 13.3. The maximum Gasteiger partial charge on any atom is 0.315 e. The van der Waals surface area contributed by atoms with E-state index in [-0.39, 0.29) is 24.0 Å². The number of nitrogens with one attached hydrogen (secondary N) is 3. The van der Waals surface area contributed by atoms with E-state index in [1.54, 1.807) is 0 Å². The van der Waals surface area contributed by atoms with Crippen molar-refractivity contribution in [3.05, 3.63) is 60.2 Å². The quantitative estimate of drug-likeness (QED) is 0.148. The van der Waals surface area contributed by atoms with Crippen molar-refractivity contribution in [3.63, 3.8) is 0 Å². The first-order chi connectivity index (χ1) is 17.7. The van der Waals surface area contributed by atoms with Gasteiger partial charge in [0.15, 0.2) is 0 Å². The first-order valence-corrected chi connectivity index (χ1v) is 14.3. The molecule has 2 heterocycles. The normalized spacial score (nSPS) is 21.2. The Balaban J connectivity index is 0.940. The molecule has 0 aromatic heterocycles. The average Bonchev–Trinajstić information content (AvgIpc) is 3.44. The highest BCUT2D eigenvalue weighted by Crippen LogP contribution is 2.36. The van der Waals surface area contributed by atoms with Crippen LogP contribution in [-0.2, 0) is 11.2 Å². The zero-order chi connectivity index (χ0) is 24.5. The molecule has 0 bridgehead atoms. The van der Waals surface area contributed by atoms with Gasteiger partial charge in [0.05, 0.1) is 12.1 Å². The van der Waals surface area contributed by atoms with E-state index in [2.05, 4.69) is 70.5 Å². The molecule has 36 heavy (non-hydrogen) atoms. The van der Waals surface area contributed by atoms with Crippen molar-refractivity contribution < 1.29 is 9.59 Å². The van der Waals surface area contributed by atoms with Gasteiger partial charge in [0.2, 0.25) is 5.91 Å². The molecule has 0 saturated carbocycles. The zero-order valence-electron chi connectivity index (χ0n) is 20.5. The summed E-state index contributed by atoms with van der Waals surface area (Å²) in [6.45, 7) is 0.741. The number of fused-ring (bicyclic) bond motifs is 1. The number of aryl methyl sites for hydroxylation is 1. The number of carbonyl (C=O) groups is 2. The van der Waals surface area contributed by atoms with Crippen LogP contribution in [0, 0.1) is 0 Å². The molecule has 0 aliphatic carbocycles. The van der Waals surface area contributed by atoms with E-state index < -0.39 is 0 Å². The topological polar surface area (TPSA) is 70.2 Å². The van der Waals surface area contributed by atoms with Crippen molar-refractivity contribution in [1.82, 2.24) is 16.0 Å². The summed E-state index contributed by atoms with van der Waals surface area (Å²) in [5.74, 6) is 1.15. The van der Waals surface area contributed by atoms with Crippen molar-refractivity contribution in [3.8, 4) is 0 Å². The summed E-state index contributed by atoms with van der Waals surface area (Å²) in [4.78, 5) is 23.8. The molecule has 186 valence electrons. The lowest BCUT2D eigenvalue weighted by atomic mass is 9.90. The van der Waals surface area contributed by atoms with Gasteiger partial charge >= 0.3 is 6.03 Å². The Hall–Kier alpha value is -2.99. The maximum atomic E-state index is 12.3. The maximum absolute atomic E-state index is 12.3. The van der Waals surface area contributed by atoms with Crippen molar-refractivity contribution in [2.24, 2.45) is 0 Å². The van der Waals surface area contributed by atoms with Crippen LogP contribution in [0.2, 0.25) is 0 Å². The summed E-state index contributed by atoms with van der Waals surface area (Å²) in [6.07, 6.45) is 6.65. The van der Waals surface area contributed by atoms with Gasteiger partial charge in [0.25, 0.3) is 0 Å². The number of hydrogen-bond acceptors (Lipinski definition) is 3. The second-order valence-corrected chi connectivity index (χ2v) is 11.5. The molecule has 2 unspecified atom stereocenters. The van der Waals surface area contributed by atoms with Gasteiger partial charge in [-0.25, -0.2) is 4.79 Å². The molecule has 6 rings (SSSR count). The lowest BCUT2D eigenvalue weighted by Gasteiger charge is -2.16. The van der Waals surface area contributed by atoms with Crippen LogP contribution in [-0.4, -0.2) is 41.6 Å². The minimum Gasteiger partial charge on any atom is -0.356 e. The second kappa shape index (κ2) is 10.2. The Morgan fingerprint density at radius 1 is 0.889 bits per heavy atom. The minimum atomic E-state index is -0.0335. The first kappa shape index (κ1) is 23.4. The van der Waals surface area contributed by atoms with Crippen LogP contribution < -0.4 is 16.0 Å². The van der Waals surface area contributed by atoms with Crippen molar-refractivity contribution in [2.45, 2.75) is 62.3 Å². The van der Waals surface area contributed by atoms with E-state index in [1.807, 2.05) is 11.8 Å². The fraction of sp³-hybridized carbons (Fsp3) is 0.400. The number of amides is 3. The highest BCUT2D eigenvalue weighted by Gasteiger charge is 2.42. The molecule has 3 amide bonds. The number of thioether (sulfide) groups is 1. The van der Waals surface area contributed by atoms with E-state index >= 15 is 0 Å². The summed E-state index contributed by atoms with van der Waals surface area (Å²) in [7, 11) is 0. The van der Waals surface area contributed by atoms with Gasteiger partial charge in [-0.15, -0.1) is 0 Å². The van der Waals surface area contributed by atoms with E-state index in [0.717, 1.165) is 50.8 Å². The molecule has 2 aliphatic rings. The third-order valence-electron chi connectivity index (χ3n) is 7.89. The summed E-state index contributed by atoms with van der Waals surface area (Å²) in [6, 6.07) is 20.5. The Bertz CT molecular complexity index is 1390. The van der Waals surface area contributed by atoms with Gasteiger partial charge in [-0.3, -0.25) is 4.79 Å². The largest absolute Gasteiger partial charge is 0.356 e. The highest BCUT2D eigenvalue weighted by molar-refractivity contribution is 8.00. The number of benzene rings is 4. The van der Waals surface area contributed by atoms with Crippen LogP contribution in [0.4, 0.5) is 4.79 Å². The molecule has 2 saturated heterocycles. The fourth-order valence-corrected chi connectivity index (χ4v) is 7.59. The second-order valence-electron chi connectivity index (χ2n) is 10.3. The molecule has 4 aromatic carbocycles. The number of unbranched alkanes of at least 4 members (excludes halogenated alkanes) is 2. The summed E-state index contributed by atoms with van der Waals surface area (Å²) >= 11 is 1.94. The van der Waals surface area contributed by atoms with Crippen LogP contribution in [0.15, 0.2) is 54.6 Å². The summed E-state index contributed by atoms with van der Waals surface area (Å²) in [5, 5.41) is 17.6. The molecule has 0 radical (unpaired) electrons. The predicted molar refractivity (Wildman–Crippen MR) is 150 cm³/mol. The standard InChI is InChI=1S/C30H33N3O2S/c34-26(10-2-1-9-25-29-24(18-36-25)32-30(35)33-29)31-17-4-3-6-19-11-12-22-14-13-20-7-5-8-21-15-16-23(19)28(22)27(20)21/h5,7-8,11-16,24-25,29H,1-4,6,9-10,17-18H2,(H,31,34)(H2,32,33,35)/t24-,25?,29?/m0/s1. The summed E-state index contributed by atoms with van der Waals surface area (Å²) in [5.41, 5.74) is 1.40. The molecule has 3 N–H and O–H groups in total. The Morgan fingerprint density at radius 3 is 2.53 bits per heavy atom. The minimum absolute atomic E-state index is 0.0335. The van der Waals surface area contributed by atoms with Crippen molar-refractivity contribution in [1.29, 1.82) is 0 Å². The Morgan fingerprint density at radius 2 is 1.67 bits per heavy atom. The van der Waals surface area contributed by atoms with Gasteiger partial charge in [0, 0.05) is 24.0 Å². The molecule has 5 nitrogen and oxygen atoms in total. The van der Waals surface area contributed by atoms with Crippen LogP contribution in [0.5, 0.6) is 0 Å². The Labute approximate surface area is 216 Å². The molecular weight excluding hydrogens is 466 g/mol. The van der Waals surface area contributed by atoms with Gasteiger partial charge in [-0.2, -0.15) is 11.8 Å². The molecule has 2 aliphatic heterocycles. The van der Waals surface area contributed by atoms with Crippen LogP contribution >= 0.6 is 11.8 Å². The van der Waals surface area contributed by atoms with Crippen LogP contribution in [0.25, 0.3) is 32.3 Å². The molecular formula is C30H33N3O2S. The van der Waals surface area contributed by atoms with Crippen LogP contribution in [0.1, 0.15) is 44.1 Å².